The third kappa shape index (κ3) is 7.33. The molecule has 0 aliphatic rings. The second-order valence-electron chi connectivity index (χ2n) is 4.05. The molecule has 0 aromatic heterocycles. The number of nitrogens with two attached hydrogens (primary N) is 1. The fourth-order valence-corrected chi connectivity index (χ4v) is 1.31. The number of unbranched alkanes of at least 4 members (excludes halogenated alkanes) is 1. The zero-order chi connectivity index (χ0) is 11.7. The van der Waals surface area contributed by atoms with Crippen molar-refractivity contribution in [1.82, 2.24) is 9.80 Å². The van der Waals surface area contributed by atoms with E-state index in [1.165, 1.54) is 6.42 Å². The van der Waals surface area contributed by atoms with Crippen molar-refractivity contribution in [2.45, 2.75) is 26.2 Å². The number of hydrogen-bond acceptors (Lipinski definition) is 3. The van der Waals surface area contributed by atoms with Crippen LogP contribution >= 0.6 is 0 Å². The molecule has 4 nitrogen and oxygen atoms in total. The summed E-state index contributed by atoms with van der Waals surface area (Å²) in [5, 5.41) is 0. The maximum atomic E-state index is 11.7. The molecule has 0 radical (unpaired) electrons. The van der Waals surface area contributed by atoms with Crippen molar-refractivity contribution in [2.24, 2.45) is 5.73 Å². The quantitative estimate of drug-likeness (QED) is 0.642. The second kappa shape index (κ2) is 8.68. The van der Waals surface area contributed by atoms with E-state index in [-0.39, 0.29) is 5.91 Å². The number of hydrogen-bond donors (Lipinski definition) is 1. The maximum absolute atomic E-state index is 11.7. The van der Waals surface area contributed by atoms with E-state index in [0.717, 1.165) is 25.9 Å². The van der Waals surface area contributed by atoms with Crippen LogP contribution in [-0.2, 0) is 4.79 Å². The predicted molar refractivity (Wildman–Crippen MR) is 63.7 cm³/mol. The van der Waals surface area contributed by atoms with Gasteiger partial charge >= 0.3 is 0 Å². The van der Waals surface area contributed by atoms with Crippen molar-refractivity contribution in [3.8, 4) is 0 Å². The summed E-state index contributed by atoms with van der Waals surface area (Å²) in [5.41, 5.74) is 5.40. The Balaban J connectivity index is 3.70. The van der Waals surface area contributed by atoms with Crippen LogP contribution in [0.3, 0.4) is 0 Å². The number of carbonyl (C=O) groups is 1. The number of carbonyl (C=O) groups excluding carboxylic acids is 1. The highest BCUT2D eigenvalue weighted by atomic mass is 16.2. The van der Waals surface area contributed by atoms with E-state index in [4.69, 9.17) is 5.73 Å². The lowest BCUT2D eigenvalue weighted by Gasteiger charge is -2.21. The fourth-order valence-electron chi connectivity index (χ4n) is 1.31. The first kappa shape index (κ1) is 14.4. The van der Waals surface area contributed by atoms with E-state index >= 15 is 0 Å². The highest BCUT2D eigenvalue weighted by Gasteiger charge is 2.10. The molecule has 0 unspecified atom stereocenters. The molecule has 0 aliphatic carbocycles. The molecule has 0 heterocycles. The topological polar surface area (TPSA) is 49.6 Å². The lowest BCUT2D eigenvalue weighted by atomic mass is 10.3. The Labute approximate surface area is 93.4 Å². The summed E-state index contributed by atoms with van der Waals surface area (Å²) in [6, 6.07) is 0. The molecule has 0 rings (SSSR count). The standard InChI is InChI=1S/C11H25N3O/c1-4-5-8-13(2)10-11(15)14(3)9-6-7-12/h4-10,12H2,1-3H3. The first-order chi connectivity index (χ1) is 7.11. The summed E-state index contributed by atoms with van der Waals surface area (Å²) < 4.78 is 0. The highest BCUT2D eigenvalue weighted by molar-refractivity contribution is 5.77. The van der Waals surface area contributed by atoms with E-state index in [0.29, 0.717) is 13.1 Å². The summed E-state index contributed by atoms with van der Waals surface area (Å²) >= 11 is 0. The van der Waals surface area contributed by atoms with Crippen molar-refractivity contribution in [3.63, 3.8) is 0 Å². The molecular formula is C11H25N3O. The van der Waals surface area contributed by atoms with Gasteiger partial charge in [-0.25, -0.2) is 0 Å². The fraction of sp³-hybridized carbons (Fsp3) is 0.909. The second-order valence-corrected chi connectivity index (χ2v) is 4.05. The summed E-state index contributed by atoms with van der Waals surface area (Å²) in [6.45, 7) is 5.07. The van der Waals surface area contributed by atoms with Gasteiger partial charge in [-0.05, 0) is 33.0 Å². The minimum absolute atomic E-state index is 0.182. The molecule has 0 aromatic rings. The van der Waals surface area contributed by atoms with Crippen molar-refractivity contribution < 1.29 is 4.79 Å². The summed E-state index contributed by atoms with van der Waals surface area (Å²) in [5.74, 6) is 0.182. The first-order valence-electron chi connectivity index (χ1n) is 5.74. The largest absolute Gasteiger partial charge is 0.345 e. The van der Waals surface area contributed by atoms with Crippen LogP contribution in [0.1, 0.15) is 26.2 Å². The number of rotatable bonds is 8. The van der Waals surface area contributed by atoms with Gasteiger partial charge in [-0.2, -0.15) is 0 Å². The minimum atomic E-state index is 0.182. The summed E-state index contributed by atoms with van der Waals surface area (Å²) in [4.78, 5) is 15.5. The van der Waals surface area contributed by atoms with Gasteiger partial charge in [-0.3, -0.25) is 9.69 Å². The molecule has 0 aromatic carbocycles. The molecule has 90 valence electrons. The van der Waals surface area contributed by atoms with Crippen molar-refractivity contribution >= 4 is 5.91 Å². The van der Waals surface area contributed by atoms with Crippen molar-refractivity contribution in [2.75, 3.05) is 40.3 Å². The van der Waals surface area contributed by atoms with Crippen LogP contribution in [0.15, 0.2) is 0 Å². The predicted octanol–water partition coefficient (Wildman–Crippen LogP) is 0.526. The number of nitrogens with zero attached hydrogens (tertiary/aromatic N) is 2. The summed E-state index contributed by atoms with van der Waals surface area (Å²) in [6.07, 6.45) is 3.19. The highest BCUT2D eigenvalue weighted by Crippen LogP contribution is 1.94. The molecule has 1 amide bonds. The SMILES string of the molecule is CCCCN(C)CC(=O)N(C)CCCN. The van der Waals surface area contributed by atoms with Crippen LogP contribution in [0.4, 0.5) is 0 Å². The maximum Gasteiger partial charge on any atom is 0.236 e. The Hall–Kier alpha value is -0.610. The van der Waals surface area contributed by atoms with E-state index < -0.39 is 0 Å². The number of amides is 1. The molecule has 15 heavy (non-hydrogen) atoms. The Kier molecular flexibility index (Phi) is 8.33. The normalized spacial score (nSPS) is 10.7. The zero-order valence-electron chi connectivity index (χ0n) is 10.3. The van der Waals surface area contributed by atoms with Gasteiger partial charge in [0.05, 0.1) is 6.54 Å². The van der Waals surface area contributed by atoms with Gasteiger partial charge in [-0.15, -0.1) is 0 Å². The van der Waals surface area contributed by atoms with Crippen LogP contribution in [-0.4, -0.2) is 56.0 Å². The van der Waals surface area contributed by atoms with Crippen molar-refractivity contribution in [1.29, 1.82) is 0 Å². The van der Waals surface area contributed by atoms with Crippen LogP contribution in [0.25, 0.3) is 0 Å². The zero-order valence-corrected chi connectivity index (χ0v) is 10.3. The molecule has 0 atom stereocenters. The Morgan fingerprint density at radius 2 is 1.87 bits per heavy atom. The van der Waals surface area contributed by atoms with Crippen LogP contribution in [0.2, 0.25) is 0 Å². The third-order valence-corrected chi connectivity index (χ3v) is 2.42. The molecule has 2 N–H and O–H groups in total. The molecule has 0 aliphatic heterocycles. The minimum Gasteiger partial charge on any atom is -0.345 e. The van der Waals surface area contributed by atoms with Gasteiger partial charge in [0.1, 0.15) is 0 Å². The van der Waals surface area contributed by atoms with Crippen molar-refractivity contribution in [3.05, 3.63) is 0 Å². The number of likely N-dealkylation sites (N-methyl/N-ethyl adjacent to an activating group) is 2. The van der Waals surface area contributed by atoms with Gasteiger partial charge < -0.3 is 10.6 Å². The molecule has 0 saturated carbocycles. The molecule has 0 bridgehead atoms. The van der Waals surface area contributed by atoms with Gasteiger partial charge in [0.25, 0.3) is 0 Å². The molecule has 0 saturated heterocycles. The van der Waals surface area contributed by atoms with Crippen LogP contribution in [0, 0.1) is 0 Å². The first-order valence-corrected chi connectivity index (χ1v) is 5.74. The average molecular weight is 215 g/mol. The van der Waals surface area contributed by atoms with Gasteiger partial charge in [0.15, 0.2) is 0 Å². The lowest BCUT2D eigenvalue weighted by Crippen LogP contribution is -2.37. The van der Waals surface area contributed by atoms with Gasteiger partial charge in [-0.1, -0.05) is 13.3 Å². The van der Waals surface area contributed by atoms with E-state index in [1.807, 2.05) is 14.1 Å². The van der Waals surface area contributed by atoms with Gasteiger partial charge in [0, 0.05) is 13.6 Å². The Morgan fingerprint density at radius 3 is 2.40 bits per heavy atom. The average Bonchev–Trinajstić information content (AvgIpc) is 2.22. The molecule has 0 fully saturated rings. The monoisotopic (exact) mass is 215 g/mol. The van der Waals surface area contributed by atoms with Crippen LogP contribution in [0.5, 0.6) is 0 Å². The molecular weight excluding hydrogens is 190 g/mol. The smallest absolute Gasteiger partial charge is 0.236 e. The van der Waals surface area contributed by atoms with E-state index in [1.54, 1.807) is 4.90 Å². The third-order valence-electron chi connectivity index (χ3n) is 2.42. The van der Waals surface area contributed by atoms with Gasteiger partial charge in [0.2, 0.25) is 5.91 Å². The molecule has 4 heteroatoms. The van der Waals surface area contributed by atoms with Crippen LogP contribution < -0.4 is 5.73 Å². The molecule has 0 spiro atoms. The van der Waals surface area contributed by atoms with E-state index in [9.17, 15) is 4.79 Å². The Morgan fingerprint density at radius 1 is 1.20 bits per heavy atom. The Bertz CT molecular complexity index is 173. The summed E-state index contributed by atoms with van der Waals surface area (Å²) in [7, 11) is 3.83. The van der Waals surface area contributed by atoms with E-state index in [2.05, 4.69) is 11.8 Å². The lowest BCUT2D eigenvalue weighted by molar-refractivity contribution is -0.130.